The van der Waals surface area contributed by atoms with Crippen LogP contribution in [0.1, 0.15) is 39.6 Å². The third-order valence-corrected chi connectivity index (χ3v) is 3.50. The van der Waals surface area contributed by atoms with Gasteiger partial charge in [-0.1, -0.05) is 30.3 Å². The molecule has 2 aromatic rings. The first-order valence-corrected chi connectivity index (χ1v) is 7.73. The van der Waals surface area contributed by atoms with Gasteiger partial charge in [-0.15, -0.1) is 0 Å². The van der Waals surface area contributed by atoms with E-state index in [1.807, 2.05) is 30.3 Å². The Balaban J connectivity index is 2.23. The molecule has 1 atom stereocenters. The van der Waals surface area contributed by atoms with Crippen molar-refractivity contribution >= 4 is 11.8 Å². The lowest BCUT2D eigenvalue weighted by atomic mass is 10.1. The molecule has 0 saturated carbocycles. The summed E-state index contributed by atoms with van der Waals surface area (Å²) in [5, 5.41) is 4.12. The molecule has 0 fully saturated rings. The molecule has 0 aliphatic heterocycles. The number of alkyl halides is 3. The van der Waals surface area contributed by atoms with Crippen molar-refractivity contribution in [2.75, 3.05) is 13.6 Å². The minimum atomic E-state index is -4.53. The van der Waals surface area contributed by atoms with Gasteiger partial charge in [-0.25, -0.2) is 0 Å². The second-order valence-electron chi connectivity index (χ2n) is 5.47. The lowest BCUT2D eigenvalue weighted by molar-refractivity contribution is -0.123. The predicted octanol–water partition coefficient (Wildman–Crippen LogP) is 2.81. The normalized spacial score (nSPS) is 12.3. The highest BCUT2D eigenvalue weighted by molar-refractivity contribution is 5.99. The molecule has 140 valence electrons. The Labute approximate surface area is 147 Å². The Hall–Kier alpha value is -2.97. The van der Waals surface area contributed by atoms with Crippen molar-refractivity contribution in [1.29, 1.82) is 0 Å². The third kappa shape index (κ3) is 5.01. The molecule has 1 unspecified atom stereocenters. The number of rotatable bonds is 6. The zero-order valence-electron chi connectivity index (χ0n) is 14.1. The van der Waals surface area contributed by atoms with Crippen LogP contribution in [0, 0.1) is 0 Å². The molecular weight excluding hydrogens is 351 g/mol. The maximum atomic E-state index is 12.2. The van der Waals surface area contributed by atoms with Gasteiger partial charge in [0, 0.05) is 13.1 Å². The smallest absolute Gasteiger partial charge is 0.405 e. The van der Waals surface area contributed by atoms with E-state index in [9.17, 15) is 22.8 Å². The largest absolute Gasteiger partial charge is 0.484 e. The van der Waals surface area contributed by atoms with Gasteiger partial charge in [0.15, 0.2) is 5.75 Å². The van der Waals surface area contributed by atoms with Crippen LogP contribution in [-0.2, 0) is 0 Å². The molecule has 0 radical (unpaired) electrons. The fourth-order valence-corrected chi connectivity index (χ4v) is 2.20. The van der Waals surface area contributed by atoms with E-state index in [4.69, 9.17) is 4.74 Å². The number of carbonyl (C=O) groups is 2. The van der Waals surface area contributed by atoms with Crippen LogP contribution < -0.4 is 15.4 Å². The number of hydrogen-bond acceptors (Lipinski definition) is 3. The van der Waals surface area contributed by atoms with Crippen LogP contribution in [-0.4, -0.2) is 36.6 Å². The third-order valence-electron chi connectivity index (χ3n) is 3.50. The second-order valence-corrected chi connectivity index (χ2v) is 5.47. The van der Waals surface area contributed by atoms with Crippen LogP contribution in [0.25, 0.3) is 0 Å². The molecule has 0 saturated heterocycles. The van der Waals surface area contributed by atoms with Crippen LogP contribution in [0.3, 0.4) is 0 Å². The molecule has 2 rings (SSSR count). The molecular formula is C17H18F3N3O3. The summed E-state index contributed by atoms with van der Waals surface area (Å²) in [6.07, 6.45) is -4.98. The second kappa shape index (κ2) is 7.94. The van der Waals surface area contributed by atoms with Crippen molar-refractivity contribution in [3.8, 4) is 5.75 Å². The van der Waals surface area contributed by atoms with Gasteiger partial charge >= 0.3 is 6.18 Å². The Kier molecular flexibility index (Phi) is 5.91. The number of halogens is 3. The highest BCUT2D eigenvalue weighted by Gasteiger charge is 2.29. The van der Waals surface area contributed by atoms with Crippen molar-refractivity contribution in [2.45, 2.75) is 19.2 Å². The Morgan fingerprint density at radius 3 is 2.42 bits per heavy atom. The van der Waals surface area contributed by atoms with E-state index in [1.165, 1.54) is 13.1 Å². The average molecular weight is 369 g/mol. The van der Waals surface area contributed by atoms with Gasteiger partial charge in [-0.05, 0) is 12.5 Å². The van der Waals surface area contributed by atoms with Gasteiger partial charge < -0.3 is 20.4 Å². The Bertz CT molecular complexity index is 773. The Morgan fingerprint density at radius 2 is 1.85 bits per heavy atom. The van der Waals surface area contributed by atoms with Crippen LogP contribution in [0.4, 0.5) is 13.2 Å². The monoisotopic (exact) mass is 369 g/mol. The van der Waals surface area contributed by atoms with E-state index in [1.54, 1.807) is 12.2 Å². The molecule has 0 spiro atoms. The van der Waals surface area contributed by atoms with Crippen LogP contribution in [0.2, 0.25) is 0 Å². The highest BCUT2D eigenvalue weighted by atomic mass is 19.4. The fraction of sp³-hybridized carbons (Fsp3) is 0.294. The molecule has 1 aromatic carbocycles. The maximum Gasteiger partial charge on any atom is 0.405 e. The van der Waals surface area contributed by atoms with Crippen molar-refractivity contribution in [2.24, 2.45) is 0 Å². The molecule has 1 aromatic heterocycles. The number of hydrogen-bond donors (Lipinski definition) is 3. The summed E-state index contributed by atoms with van der Waals surface area (Å²) in [6.45, 7) is 0.274. The molecule has 3 N–H and O–H groups in total. The van der Waals surface area contributed by atoms with Crippen molar-refractivity contribution < 1.29 is 27.5 Å². The van der Waals surface area contributed by atoms with Gasteiger partial charge in [0.2, 0.25) is 0 Å². The summed E-state index contributed by atoms with van der Waals surface area (Å²) in [6, 6.07) is 10.3. The first-order valence-electron chi connectivity index (χ1n) is 7.73. The number of H-pyrrole nitrogens is 1. The van der Waals surface area contributed by atoms with Crippen LogP contribution in [0.5, 0.6) is 5.75 Å². The average Bonchev–Trinajstić information content (AvgIpc) is 3.03. The molecule has 1 heterocycles. The summed E-state index contributed by atoms with van der Waals surface area (Å²) in [5.74, 6) is -1.48. The summed E-state index contributed by atoms with van der Waals surface area (Å²) in [5.41, 5.74) is 0.579. The zero-order valence-corrected chi connectivity index (χ0v) is 14.1. The summed E-state index contributed by atoms with van der Waals surface area (Å²) in [4.78, 5) is 26.4. The molecule has 0 aliphatic rings. The van der Waals surface area contributed by atoms with Crippen molar-refractivity contribution in [3.63, 3.8) is 0 Å². The van der Waals surface area contributed by atoms with Gasteiger partial charge in [0.05, 0.1) is 0 Å². The van der Waals surface area contributed by atoms with Gasteiger partial charge in [-0.2, -0.15) is 13.2 Å². The van der Waals surface area contributed by atoms with Crippen LogP contribution >= 0.6 is 0 Å². The molecule has 6 nitrogen and oxygen atoms in total. The van der Waals surface area contributed by atoms with E-state index in [0.717, 1.165) is 5.56 Å². The number of aromatic nitrogens is 1. The van der Waals surface area contributed by atoms with E-state index in [0.29, 0.717) is 0 Å². The standard InChI is InChI=1S/C17H18F3N3O3/c1-10(11-6-4-3-5-7-11)26-13-8-12(23-14(13)16(25)21-2)15(24)22-9-17(18,19)20/h3-8,10,23H,9H2,1-2H3,(H,21,25)(H,22,24). The van der Waals surface area contributed by atoms with Crippen molar-refractivity contribution in [1.82, 2.24) is 15.6 Å². The van der Waals surface area contributed by atoms with E-state index in [2.05, 4.69) is 10.3 Å². The summed E-state index contributed by atoms with van der Waals surface area (Å²) >= 11 is 0. The maximum absolute atomic E-state index is 12.2. The van der Waals surface area contributed by atoms with Crippen LogP contribution in [0.15, 0.2) is 36.4 Å². The fourth-order valence-electron chi connectivity index (χ4n) is 2.20. The molecule has 2 amide bonds. The highest BCUT2D eigenvalue weighted by Crippen LogP contribution is 2.26. The SMILES string of the molecule is CNC(=O)c1[nH]c(C(=O)NCC(F)(F)F)cc1OC(C)c1ccccc1. The first-order chi connectivity index (χ1) is 12.2. The lowest BCUT2D eigenvalue weighted by Crippen LogP contribution is -2.34. The van der Waals surface area contributed by atoms with E-state index >= 15 is 0 Å². The molecule has 26 heavy (non-hydrogen) atoms. The summed E-state index contributed by atoms with van der Waals surface area (Å²) < 4.78 is 42.5. The minimum absolute atomic E-state index is 0.0487. The molecule has 0 bridgehead atoms. The predicted molar refractivity (Wildman–Crippen MR) is 88.1 cm³/mol. The first kappa shape index (κ1) is 19.4. The topological polar surface area (TPSA) is 83.2 Å². The van der Waals surface area contributed by atoms with E-state index in [-0.39, 0.29) is 17.1 Å². The lowest BCUT2D eigenvalue weighted by Gasteiger charge is -2.14. The Morgan fingerprint density at radius 1 is 1.19 bits per heavy atom. The van der Waals surface area contributed by atoms with E-state index < -0.39 is 30.6 Å². The molecule has 0 aliphatic carbocycles. The quantitative estimate of drug-likeness (QED) is 0.732. The number of ether oxygens (including phenoxy) is 1. The molecule has 9 heteroatoms. The van der Waals surface area contributed by atoms with Gasteiger partial charge in [-0.3, -0.25) is 9.59 Å². The van der Waals surface area contributed by atoms with Crippen molar-refractivity contribution in [3.05, 3.63) is 53.3 Å². The van der Waals surface area contributed by atoms with Gasteiger partial charge in [0.25, 0.3) is 11.8 Å². The minimum Gasteiger partial charge on any atom is -0.484 e. The zero-order chi connectivity index (χ0) is 19.3. The van der Waals surface area contributed by atoms with Gasteiger partial charge in [0.1, 0.15) is 24.0 Å². The number of nitrogens with one attached hydrogen (secondary N) is 3. The summed E-state index contributed by atoms with van der Waals surface area (Å²) in [7, 11) is 1.39. The number of aromatic amines is 1. The number of benzene rings is 1. The number of carbonyl (C=O) groups excluding carboxylic acids is 2. The number of amides is 2.